The predicted molar refractivity (Wildman–Crippen MR) is 105 cm³/mol. The Morgan fingerprint density at radius 2 is 1.27 bits per heavy atom. The number of nitrogens with one attached hydrogen (secondary N) is 1. The molecule has 1 N–H and O–H groups in total. The number of amides is 1. The van der Waals surface area contributed by atoms with Crippen molar-refractivity contribution in [1.29, 1.82) is 0 Å². The highest BCUT2D eigenvalue weighted by molar-refractivity contribution is 5.88. The molecular weight excluding hydrogens is 449 g/mol. The van der Waals surface area contributed by atoms with Crippen LogP contribution in [0.15, 0.2) is 60.7 Å². The van der Waals surface area contributed by atoms with E-state index in [0.717, 1.165) is 6.92 Å². The Labute approximate surface area is 184 Å². The van der Waals surface area contributed by atoms with E-state index in [1.165, 1.54) is 24.3 Å². The van der Waals surface area contributed by atoms with E-state index in [4.69, 9.17) is 4.74 Å². The minimum absolute atomic E-state index is 0.0931. The van der Waals surface area contributed by atoms with Gasteiger partial charge in [-0.1, -0.05) is 60.7 Å². The minimum atomic E-state index is -2.40. The third kappa shape index (κ3) is 4.94. The van der Waals surface area contributed by atoms with Gasteiger partial charge in [0.25, 0.3) is 0 Å². The quantitative estimate of drug-likeness (QED) is 0.180. The van der Waals surface area contributed by atoms with Crippen molar-refractivity contribution in [2.24, 2.45) is 0 Å². The van der Waals surface area contributed by atoms with E-state index < -0.39 is 52.4 Å². The van der Waals surface area contributed by atoms with Crippen molar-refractivity contribution in [2.45, 2.75) is 19.1 Å². The molecule has 1 atom stereocenters. The number of benzene rings is 3. The van der Waals surface area contributed by atoms with Gasteiger partial charge in [0.15, 0.2) is 5.54 Å². The average Bonchev–Trinajstić information content (AvgIpc) is 2.83. The van der Waals surface area contributed by atoms with Gasteiger partial charge in [-0.3, -0.25) is 0 Å². The number of esters is 1. The number of alkyl carbamates (subject to hydrolysis) is 1. The number of halogens is 5. The van der Waals surface area contributed by atoms with Crippen LogP contribution < -0.4 is 10.1 Å². The monoisotopic (exact) mass is 465 g/mol. The lowest BCUT2D eigenvalue weighted by molar-refractivity contribution is -0.142. The predicted octanol–water partition coefficient (Wildman–Crippen LogP) is 5.13. The van der Waals surface area contributed by atoms with Crippen molar-refractivity contribution in [2.75, 3.05) is 0 Å². The number of carbonyl (C=O) groups excluding carboxylic acids is 2. The van der Waals surface area contributed by atoms with Gasteiger partial charge in [-0.05, 0) is 18.1 Å². The SMILES string of the molecule is C[C@](NC(=O)OCc1ccccc1)(C(=O)Oc1c(F)c(F)c(F)c(F)c1F)c1ccccc1. The van der Waals surface area contributed by atoms with Crippen LogP contribution in [-0.2, 0) is 21.7 Å². The Kier molecular flexibility index (Phi) is 6.95. The summed E-state index contributed by atoms with van der Waals surface area (Å²) in [5, 5.41) is 2.24. The fourth-order valence-electron chi connectivity index (χ4n) is 2.84. The second-order valence-corrected chi connectivity index (χ2v) is 6.97. The topological polar surface area (TPSA) is 64.6 Å². The molecule has 0 bridgehead atoms. The Bertz CT molecular complexity index is 1150. The summed E-state index contributed by atoms with van der Waals surface area (Å²) >= 11 is 0. The molecule has 0 unspecified atom stereocenters. The van der Waals surface area contributed by atoms with E-state index in [2.05, 4.69) is 10.1 Å². The molecule has 10 heteroatoms. The van der Waals surface area contributed by atoms with E-state index in [9.17, 15) is 31.5 Å². The Balaban J connectivity index is 1.90. The van der Waals surface area contributed by atoms with Crippen molar-refractivity contribution in [3.8, 4) is 5.75 Å². The van der Waals surface area contributed by atoms with E-state index >= 15 is 0 Å². The molecule has 3 aromatic carbocycles. The first-order chi connectivity index (χ1) is 15.6. The van der Waals surface area contributed by atoms with E-state index in [1.807, 2.05) is 0 Å². The smallest absolute Gasteiger partial charge is 0.408 e. The molecule has 0 fully saturated rings. The third-order valence-corrected chi connectivity index (χ3v) is 4.69. The molecular formula is C23H16F5NO4. The van der Waals surface area contributed by atoms with Crippen LogP contribution in [0.5, 0.6) is 5.75 Å². The molecule has 0 heterocycles. The van der Waals surface area contributed by atoms with Gasteiger partial charge in [0.2, 0.25) is 34.8 Å². The van der Waals surface area contributed by atoms with Gasteiger partial charge in [-0.2, -0.15) is 8.78 Å². The van der Waals surface area contributed by atoms with Gasteiger partial charge in [0, 0.05) is 0 Å². The lowest BCUT2D eigenvalue weighted by atomic mass is 9.92. The summed E-state index contributed by atoms with van der Waals surface area (Å²) in [6, 6.07) is 15.9. The second-order valence-electron chi connectivity index (χ2n) is 6.97. The van der Waals surface area contributed by atoms with Crippen molar-refractivity contribution in [1.82, 2.24) is 5.32 Å². The van der Waals surface area contributed by atoms with E-state index in [-0.39, 0.29) is 12.2 Å². The molecule has 0 spiro atoms. The molecule has 0 aliphatic carbocycles. The van der Waals surface area contributed by atoms with Crippen LogP contribution in [0.4, 0.5) is 26.7 Å². The number of hydrogen-bond acceptors (Lipinski definition) is 4. The number of carbonyl (C=O) groups is 2. The van der Waals surface area contributed by atoms with Crippen molar-refractivity contribution < 1.29 is 41.0 Å². The summed E-state index contributed by atoms with van der Waals surface area (Å²) in [7, 11) is 0. The van der Waals surface area contributed by atoms with Gasteiger partial charge >= 0.3 is 12.1 Å². The molecule has 172 valence electrons. The molecule has 0 aromatic heterocycles. The molecule has 3 rings (SSSR count). The summed E-state index contributed by atoms with van der Waals surface area (Å²) in [6.07, 6.45) is -1.10. The highest BCUT2D eigenvalue weighted by Gasteiger charge is 2.41. The average molecular weight is 465 g/mol. The van der Waals surface area contributed by atoms with Gasteiger partial charge in [0.05, 0.1) is 0 Å². The van der Waals surface area contributed by atoms with Crippen LogP contribution in [0.2, 0.25) is 0 Å². The molecule has 0 aliphatic heterocycles. The Morgan fingerprint density at radius 1 is 0.788 bits per heavy atom. The highest BCUT2D eigenvalue weighted by atomic mass is 19.2. The van der Waals surface area contributed by atoms with Crippen molar-refractivity contribution >= 4 is 12.1 Å². The van der Waals surface area contributed by atoms with Gasteiger partial charge in [0.1, 0.15) is 6.61 Å². The van der Waals surface area contributed by atoms with Crippen LogP contribution in [0.1, 0.15) is 18.1 Å². The normalized spacial score (nSPS) is 12.5. The van der Waals surface area contributed by atoms with Gasteiger partial charge in [-0.25, -0.2) is 22.8 Å². The van der Waals surface area contributed by atoms with Crippen LogP contribution in [0, 0.1) is 29.1 Å². The van der Waals surface area contributed by atoms with Crippen LogP contribution >= 0.6 is 0 Å². The first-order valence-electron chi connectivity index (χ1n) is 9.43. The standard InChI is InChI=1S/C23H16F5NO4/c1-23(14-10-6-3-7-11-14,29-22(31)32-12-13-8-4-2-5-9-13)21(30)33-20-18(27)16(25)15(24)17(26)19(20)28/h2-11H,12H2,1H3,(H,29,31)/t23-/m1/s1. The maximum atomic E-state index is 14.0. The molecule has 0 saturated heterocycles. The number of rotatable bonds is 6. The molecule has 0 radical (unpaired) electrons. The van der Waals surface area contributed by atoms with Crippen molar-refractivity contribution in [3.63, 3.8) is 0 Å². The lowest BCUT2D eigenvalue weighted by Crippen LogP contribution is -2.51. The zero-order valence-electron chi connectivity index (χ0n) is 17.0. The minimum Gasteiger partial charge on any atom is -0.445 e. The number of hydrogen-bond donors (Lipinski definition) is 1. The molecule has 33 heavy (non-hydrogen) atoms. The van der Waals surface area contributed by atoms with Crippen LogP contribution in [-0.4, -0.2) is 12.1 Å². The highest BCUT2D eigenvalue weighted by Crippen LogP contribution is 2.31. The first-order valence-corrected chi connectivity index (χ1v) is 9.43. The zero-order valence-corrected chi connectivity index (χ0v) is 17.0. The van der Waals surface area contributed by atoms with E-state index in [1.54, 1.807) is 36.4 Å². The maximum Gasteiger partial charge on any atom is 0.408 e. The van der Waals surface area contributed by atoms with Crippen molar-refractivity contribution in [3.05, 3.63) is 101 Å². The summed E-state index contributed by atoms with van der Waals surface area (Å²) in [5.41, 5.74) is -1.39. The van der Waals surface area contributed by atoms with Crippen LogP contribution in [0.25, 0.3) is 0 Å². The second kappa shape index (κ2) is 9.68. The van der Waals surface area contributed by atoms with E-state index in [0.29, 0.717) is 5.56 Å². The third-order valence-electron chi connectivity index (χ3n) is 4.69. The summed E-state index contributed by atoms with van der Waals surface area (Å²) in [4.78, 5) is 25.3. The van der Waals surface area contributed by atoms with Crippen LogP contribution in [0.3, 0.4) is 0 Å². The summed E-state index contributed by atoms with van der Waals surface area (Å²) in [6.45, 7) is 0.963. The Hall–Kier alpha value is -3.95. The summed E-state index contributed by atoms with van der Waals surface area (Å²) in [5.74, 6) is -14.9. The largest absolute Gasteiger partial charge is 0.445 e. The van der Waals surface area contributed by atoms with Gasteiger partial charge < -0.3 is 14.8 Å². The molecule has 0 aliphatic rings. The maximum absolute atomic E-state index is 14.0. The lowest BCUT2D eigenvalue weighted by Gasteiger charge is -2.28. The fraction of sp³-hybridized carbons (Fsp3) is 0.130. The molecule has 0 saturated carbocycles. The fourth-order valence-corrected chi connectivity index (χ4v) is 2.84. The summed E-state index contributed by atoms with van der Waals surface area (Å²) < 4.78 is 78.0. The number of ether oxygens (including phenoxy) is 2. The molecule has 3 aromatic rings. The first kappa shape index (κ1) is 23.7. The zero-order chi connectivity index (χ0) is 24.2. The molecule has 5 nitrogen and oxygen atoms in total. The molecule has 1 amide bonds. The van der Waals surface area contributed by atoms with Gasteiger partial charge in [-0.15, -0.1) is 0 Å². The Morgan fingerprint density at radius 3 is 1.82 bits per heavy atom.